The highest BCUT2D eigenvalue weighted by molar-refractivity contribution is 6.42. The maximum atomic E-state index is 13.3. The van der Waals surface area contributed by atoms with E-state index in [1.165, 1.54) is 22.8 Å². The first-order chi connectivity index (χ1) is 13.7. The summed E-state index contributed by atoms with van der Waals surface area (Å²) in [6, 6.07) is 9.21. The normalized spacial score (nSPS) is 13.4. The van der Waals surface area contributed by atoms with Gasteiger partial charge in [0.1, 0.15) is 5.75 Å². The van der Waals surface area contributed by atoms with Gasteiger partial charge in [-0.25, -0.2) is 0 Å². The molecule has 0 spiro atoms. The van der Waals surface area contributed by atoms with E-state index in [2.05, 4.69) is 0 Å². The van der Waals surface area contributed by atoms with Gasteiger partial charge in [0.15, 0.2) is 0 Å². The van der Waals surface area contributed by atoms with E-state index < -0.39 is 11.9 Å². The number of phenolic OH excluding ortho intramolecular Hbond substituents is 1. The van der Waals surface area contributed by atoms with Crippen LogP contribution in [0.15, 0.2) is 36.4 Å². The Balaban J connectivity index is 2.31. The maximum absolute atomic E-state index is 13.3. The van der Waals surface area contributed by atoms with Crippen LogP contribution in [0, 0.1) is 12.8 Å². The molecule has 0 aliphatic heterocycles. The van der Waals surface area contributed by atoms with E-state index >= 15 is 0 Å². The van der Waals surface area contributed by atoms with Crippen LogP contribution in [-0.4, -0.2) is 26.7 Å². The number of rotatable bonds is 5. The highest BCUT2D eigenvalue weighted by Gasteiger charge is 2.32. The van der Waals surface area contributed by atoms with Crippen molar-refractivity contribution in [3.05, 3.63) is 63.3 Å². The monoisotopic (exact) mass is 433 g/mol. The van der Waals surface area contributed by atoms with Crippen molar-refractivity contribution in [1.82, 2.24) is 4.57 Å². The largest absolute Gasteiger partial charge is 0.508 e. The highest BCUT2D eigenvalue weighted by Crippen LogP contribution is 2.39. The molecule has 0 radical (unpaired) electrons. The zero-order valence-corrected chi connectivity index (χ0v) is 17.8. The number of aromatic nitrogens is 1. The molecule has 3 aromatic rings. The Labute approximate surface area is 178 Å². The lowest BCUT2D eigenvalue weighted by Gasteiger charge is -2.20. The SMILES string of the molecule is CCC(C)[C@@H](C(=O)O)c1c(C)n(C(=O)c2ccc(Cl)c(Cl)c2)c2ccc(O)cc12. The van der Waals surface area contributed by atoms with Crippen LogP contribution >= 0.6 is 23.2 Å². The minimum atomic E-state index is -0.966. The Hall–Kier alpha value is -2.50. The number of aromatic hydroxyl groups is 1. The van der Waals surface area contributed by atoms with Gasteiger partial charge < -0.3 is 10.2 Å². The number of carbonyl (C=O) groups is 2. The van der Waals surface area contributed by atoms with Crippen LogP contribution in [0.4, 0.5) is 0 Å². The third-order valence-corrected chi connectivity index (χ3v) is 6.14. The van der Waals surface area contributed by atoms with Gasteiger partial charge in [-0.1, -0.05) is 43.5 Å². The van der Waals surface area contributed by atoms with Crippen LogP contribution in [0.3, 0.4) is 0 Å². The van der Waals surface area contributed by atoms with Gasteiger partial charge in [0, 0.05) is 16.6 Å². The molecule has 2 N–H and O–H groups in total. The van der Waals surface area contributed by atoms with Crippen molar-refractivity contribution in [3.8, 4) is 5.75 Å². The molecule has 3 rings (SSSR count). The van der Waals surface area contributed by atoms with Crippen molar-refractivity contribution in [1.29, 1.82) is 0 Å². The minimum Gasteiger partial charge on any atom is -0.508 e. The smallest absolute Gasteiger partial charge is 0.311 e. The number of carbonyl (C=O) groups excluding carboxylic acids is 1. The van der Waals surface area contributed by atoms with E-state index in [1.807, 2.05) is 13.8 Å². The molecule has 1 aromatic heterocycles. The number of aliphatic carboxylic acids is 1. The maximum Gasteiger partial charge on any atom is 0.311 e. The van der Waals surface area contributed by atoms with E-state index in [0.717, 1.165) is 0 Å². The minimum absolute atomic E-state index is 0.00572. The van der Waals surface area contributed by atoms with Crippen LogP contribution in [0.25, 0.3) is 10.9 Å². The van der Waals surface area contributed by atoms with E-state index in [1.54, 1.807) is 25.1 Å². The summed E-state index contributed by atoms with van der Waals surface area (Å²) in [5.74, 6) is -2.28. The average molecular weight is 434 g/mol. The first-order valence-corrected chi connectivity index (χ1v) is 9.99. The number of hydrogen-bond acceptors (Lipinski definition) is 3. The summed E-state index contributed by atoms with van der Waals surface area (Å²) in [6.45, 7) is 5.51. The number of carboxylic acids is 1. The Morgan fingerprint density at radius 2 is 1.79 bits per heavy atom. The Bertz CT molecular complexity index is 1120. The first-order valence-electron chi connectivity index (χ1n) is 9.23. The number of phenols is 1. The van der Waals surface area contributed by atoms with Crippen LogP contribution in [-0.2, 0) is 4.79 Å². The molecule has 0 amide bonds. The molecule has 0 saturated carbocycles. The summed E-state index contributed by atoms with van der Waals surface area (Å²) < 4.78 is 1.47. The number of benzene rings is 2. The van der Waals surface area contributed by atoms with Crippen LogP contribution in [0.1, 0.15) is 47.8 Å². The van der Waals surface area contributed by atoms with Gasteiger partial charge in [-0.05, 0) is 54.8 Å². The van der Waals surface area contributed by atoms with Gasteiger partial charge in [-0.15, -0.1) is 0 Å². The fraction of sp³-hybridized carbons (Fsp3) is 0.273. The fourth-order valence-corrected chi connectivity index (χ4v) is 4.03. The van der Waals surface area contributed by atoms with Crippen LogP contribution in [0.5, 0.6) is 5.75 Å². The van der Waals surface area contributed by atoms with E-state index in [0.29, 0.717) is 39.2 Å². The Kier molecular flexibility index (Phi) is 5.92. The standard InChI is InChI=1S/C22H21Cl2NO4/c1-4-11(2)19(22(28)29)20-12(3)25(18-8-6-14(26)10-15(18)20)21(27)13-5-7-16(23)17(24)9-13/h5-11,19,26H,4H2,1-3H3,(H,28,29)/t11?,19-/m1/s1. The zero-order chi connectivity index (χ0) is 21.5. The quantitative estimate of drug-likeness (QED) is 0.527. The van der Waals surface area contributed by atoms with Gasteiger partial charge in [0.05, 0.1) is 21.5 Å². The molecular weight excluding hydrogens is 413 g/mol. The van der Waals surface area contributed by atoms with E-state index in [9.17, 15) is 19.8 Å². The van der Waals surface area contributed by atoms with Crippen molar-refractivity contribution in [2.24, 2.45) is 5.92 Å². The van der Waals surface area contributed by atoms with Crippen molar-refractivity contribution < 1.29 is 19.8 Å². The average Bonchev–Trinajstić information content (AvgIpc) is 2.94. The predicted octanol–water partition coefficient (Wildman–Crippen LogP) is 5.86. The summed E-state index contributed by atoms with van der Waals surface area (Å²) >= 11 is 12.0. The Morgan fingerprint density at radius 1 is 1.10 bits per heavy atom. The molecule has 1 heterocycles. The van der Waals surface area contributed by atoms with Gasteiger partial charge in [0.2, 0.25) is 0 Å². The predicted molar refractivity (Wildman–Crippen MR) is 114 cm³/mol. The molecule has 152 valence electrons. The molecule has 29 heavy (non-hydrogen) atoms. The lowest BCUT2D eigenvalue weighted by atomic mass is 9.84. The number of fused-ring (bicyclic) bond motifs is 1. The van der Waals surface area contributed by atoms with Gasteiger partial charge in [-0.2, -0.15) is 0 Å². The van der Waals surface area contributed by atoms with Crippen molar-refractivity contribution in [2.75, 3.05) is 0 Å². The number of hydrogen-bond donors (Lipinski definition) is 2. The summed E-state index contributed by atoms with van der Waals surface area (Å²) in [5.41, 5.74) is 1.91. The third kappa shape index (κ3) is 3.72. The number of nitrogens with zero attached hydrogens (tertiary/aromatic N) is 1. The lowest BCUT2D eigenvalue weighted by molar-refractivity contribution is -0.140. The first kappa shape index (κ1) is 21.2. The molecular formula is C22H21Cl2NO4. The molecule has 0 bridgehead atoms. The van der Waals surface area contributed by atoms with Gasteiger partial charge in [-0.3, -0.25) is 14.2 Å². The number of halogens is 2. The van der Waals surface area contributed by atoms with Crippen molar-refractivity contribution in [2.45, 2.75) is 33.1 Å². The van der Waals surface area contributed by atoms with Gasteiger partial charge >= 0.3 is 5.97 Å². The molecule has 1 unspecified atom stereocenters. The molecule has 7 heteroatoms. The molecule has 2 atom stereocenters. The summed E-state index contributed by atoms with van der Waals surface area (Å²) in [5, 5.41) is 21.1. The summed E-state index contributed by atoms with van der Waals surface area (Å²) in [6.07, 6.45) is 0.655. The van der Waals surface area contributed by atoms with Gasteiger partial charge in [0.25, 0.3) is 5.91 Å². The molecule has 5 nitrogen and oxygen atoms in total. The second kappa shape index (κ2) is 8.09. The van der Waals surface area contributed by atoms with Crippen LogP contribution < -0.4 is 0 Å². The molecule has 0 fully saturated rings. The zero-order valence-electron chi connectivity index (χ0n) is 16.2. The third-order valence-electron chi connectivity index (χ3n) is 5.40. The topological polar surface area (TPSA) is 79.5 Å². The molecule has 0 aliphatic carbocycles. The lowest BCUT2D eigenvalue weighted by Crippen LogP contribution is -2.21. The van der Waals surface area contributed by atoms with Crippen molar-refractivity contribution >= 4 is 46.0 Å². The van der Waals surface area contributed by atoms with E-state index in [-0.39, 0.29) is 22.6 Å². The van der Waals surface area contributed by atoms with E-state index in [4.69, 9.17) is 23.2 Å². The van der Waals surface area contributed by atoms with Crippen molar-refractivity contribution in [3.63, 3.8) is 0 Å². The second-order valence-corrected chi connectivity index (χ2v) is 7.99. The molecule has 0 aliphatic rings. The second-order valence-electron chi connectivity index (χ2n) is 7.17. The summed E-state index contributed by atoms with van der Waals surface area (Å²) in [7, 11) is 0. The fourth-order valence-electron chi connectivity index (χ4n) is 3.73. The number of carboxylic acid groups (broad SMARTS) is 1. The van der Waals surface area contributed by atoms with Crippen LogP contribution in [0.2, 0.25) is 10.0 Å². The Morgan fingerprint density at radius 3 is 2.38 bits per heavy atom. The molecule has 2 aromatic carbocycles. The summed E-state index contributed by atoms with van der Waals surface area (Å²) in [4.78, 5) is 25.4. The highest BCUT2D eigenvalue weighted by atomic mass is 35.5. The molecule has 0 saturated heterocycles.